The van der Waals surface area contributed by atoms with Crippen molar-refractivity contribution in [3.8, 4) is 5.75 Å². The Morgan fingerprint density at radius 3 is 2.79 bits per heavy atom. The molecule has 124 valence electrons. The summed E-state index contributed by atoms with van der Waals surface area (Å²) in [6.45, 7) is 0.890. The van der Waals surface area contributed by atoms with Crippen molar-refractivity contribution >= 4 is 28.8 Å². The lowest BCUT2D eigenvalue weighted by atomic mass is 9.99. The van der Waals surface area contributed by atoms with Gasteiger partial charge in [0.1, 0.15) is 5.75 Å². The molecule has 1 aliphatic heterocycles. The predicted molar refractivity (Wildman–Crippen MR) is 92.4 cm³/mol. The van der Waals surface area contributed by atoms with Crippen molar-refractivity contribution in [1.82, 2.24) is 4.90 Å². The highest BCUT2D eigenvalue weighted by atomic mass is 32.1. The quantitative estimate of drug-likeness (QED) is 0.906. The Morgan fingerprint density at radius 2 is 2.12 bits per heavy atom. The van der Waals surface area contributed by atoms with Crippen LogP contribution in [-0.4, -0.2) is 41.6 Å². The number of hydrogen-bond acceptors (Lipinski definition) is 4. The number of carbonyl (C=O) groups excluding carboxylic acids is 1. The predicted octanol–water partition coefficient (Wildman–Crippen LogP) is 3.14. The first-order chi connectivity index (χ1) is 11.6. The smallest absolute Gasteiger partial charge is 0.341 e. The van der Waals surface area contributed by atoms with E-state index in [0.717, 1.165) is 22.4 Å². The lowest BCUT2D eigenvalue weighted by Crippen LogP contribution is -2.34. The minimum Gasteiger partial charge on any atom is -0.482 e. The largest absolute Gasteiger partial charge is 0.482 e. The zero-order chi connectivity index (χ0) is 16.9. The Balaban J connectivity index is 1.67. The minimum atomic E-state index is -1.000. The van der Waals surface area contributed by atoms with Gasteiger partial charge in [-0.05, 0) is 41.1 Å². The number of thiophene rings is 1. The highest BCUT2D eigenvalue weighted by molar-refractivity contribution is 7.12. The van der Waals surface area contributed by atoms with E-state index >= 15 is 0 Å². The summed E-state index contributed by atoms with van der Waals surface area (Å²) >= 11 is 1.46. The number of hydrogen-bond donors (Lipinski definition) is 1. The fourth-order valence-corrected chi connectivity index (χ4v) is 3.29. The highest BCUT2D eigenvalue weighted by Crippen LogP contribution is 2.26. The number of amides is 1. The lowest BCUT2D eigenvalue weighted by Gasteiger charge is -2.26. The van der Waals surface area contributed by atoms with Crippen molar-refractivity contribution in [2.24, 2.45) is 0 Å². The second-order valence-electron chi connectivity index (χ2n) is 5.42. The van der Waals surface area contributed by atoms with E-state index < -0.39 is 5.97 Å². The van der Waals surface area contributed by atoms with Gasteiger partial charge in [-0.25, -0.2) is 4.79 Å². The number of nitrogens with zero attached hydrogens (tertiary/aromatic N) is 1. The molecule has 0 radical (unpaired) electrons. The van der Waals surface area contributed by atoms with E-state index in [4.69, 9.17) is 9.84 Å². The van der Waals surface area contributed by atoms with Gasteiger partial charge >= 0.3 is 5.97 Å². The van der Waals surface area contributed by atoms with E-state index in [2.05, 4.69) is 0 Å². The maximum absolute atomic E-state index is 12.3. The van der Waals surface area contributed by atoms with Crippen LogP contribution in [0, 0.1) is 0 Å². The van der Waals surface area contributed by atoms with E-state index in [1.807, 2.05) is 46.7 Å². The molecule has 24 heavy (non-hydrogen) atoms. The Kier molecular flexibility index (Phi) is 4.96. The molecule has 3 rings (SSSR count). The molecule has 1 aromatic heterocycles. The standard InChI is InChI=1S/C18H17NO4S/c20-17(21)12-23-15-4-1-3-14(11-15)13-6-8-19(9-7-13)18(22)16-5-2-10-24-16/h1-6,10-11H,7-9,12H2,(H,20,21). The first kappa shape index (κ1) is 16.3. The number of carbonyl (C=O) groups is 2. The van der Waals surface area contributed by atoms with Gasteiger partial charge in [0.15, 0.2) is 6.61 Å². The monoisotopic (exact) mass is 343 g/mol. The lowest BCUT2D eigenvalue weighted by molar-refractivity contribution is -0.139. The Morgan fingerprint density at radius 1 is 1.25 bits per heavy atom. The van der Waals surface area contributed by atoms with E-state index in [0.29, 0.717) is 18.8 Å². The Bertz CT molecular complexity index is 767. The zero-order valence-corrected chi connectivity index (χ0v) is 13.8. The first-order valence-electron chi connectivity index (χ1n) is 7.60. The fraction of sp³-hybridized carbons (Fsp3) is 0.222. The summed E-state index contributed by atoms with van der Waals surface area (Å²) in [5, 5.41) is 10.6. The van der Waals surface area contributed by atoms with Crippen molar-refractivity contribution < 1.29 is 19.4 Å². The SMILES string of the molecule is O=C(O)COc1cccc(C2=CCN(C(=O)c3cccs3)CC2)c1. The van der Waals surface area contributed by atoms with Gasteiger partial charge in [-0.1, -0.05) is 24.3 Å². The fourth-order valence-electron chi connectivity index (χ4n) is 2.60. The third-order valence-electron chi connectivity index (χ3n) is 3.80. The van der Waals surface area contributed by atoms with Gasteiger partial charge in [0.25, 0.3) is 5.91 Å². The van der Waals surface area contributed by atoms with Crippen LogP contribution in [0.2, 0.25) is 0 Å². The topological polar surface area (TPSA) is 66.8 Å². The summed E-state index contributed by atoms with van der Waals surface area (Å²) < 4.78 is 5.22. The Hall–Kier alpha value is -2.60. The molecular weight excluding hydrogens is 326 g/mol. The molecule has 0 spiro atoms. The van der Waals surface area contributed by atoms with Gasteiger partial charge in [0, 0.05) is 13.1 Å². The summed E-state index contributed by atoms with van der Waals surface area (Å²) in [4.78, 5) is 25.5. The average molecular weight is 343 g/mol. The summed E-state index contributed by atoms with van der Waals surface area (Å²) in [6.07, 6.45) is 2.81. The number of benzene rings is 1. The van der Waals surface area contributed by atoms with E-state index in [1.165, 1.54) is 11.3 Å². The normalized spacial score (nSPS) is 14.2. The van der Waals surface area contributed by atoms with Crippen molar-refractivity contribution in [3.05, 3.63) is 58.3 Å². The van der Waals surface area contributed by atoms with Crippen molar-refractivity contribution in [1.29, 1.82) is 0 Å². The molecule has 0 saturated heterocycles. The van der Waals surface area contributed by atoms with Gasteiger partial charge in [0.05, 0.1) is 4.88 Å². The molecule has 2 aromatic rings. The number of aliphatic carboxylic acids is 1. The van der Waals surface area contributed by atoms with Gasteiger partial charge in [-0.3, -0.25) is 4.79 Å². The molecule has 0 aliphatic carbocycles. The van der Waals surface area contributed by atoms with Gasteiger partial charge < -0.3 is 14.7 Å². The van der Waals surface area contributed by atoms with Crippen LogP contribution in [0.5, 0.6) is 5.75 Å². The van der Waals surface area contributed by atoms with Crippen molar-refractivity contribution in [2.75, 3.05) is 19.7 Å². The maximum Gasteiger partial charge on any atom is 0.341 e. The van der Waals surface area contributed by atoms with Crippen LogP contribution in [0.15, 0.2) is 47.9 Å². The molecule has 0 saturated carbocycles. The number of carboxylic acids is 1. The summed E-state index contributed by atoms with van der Waals surface area (Å²) in [5.41, 5.74) is 2.15. The molecule has 5 nitrogen and oxygen atoms in total. The molecule has 1 aromatic carbocycles. The number of carboxylic acid groups (broad SMARTS) is 1. The molecule has 6 heteroatoms. The first-order valence-corrected chi connectivity index (χ1v) is 8.48. The summed E-state index contributed by atoms with van der Waals surface area (Å²) in [6, 6.07) is 11.1. The van der Waals surface area contributed by atoms with Crippen LogP contribution in [0.1, 0.15) is 21.7 Å². The molecule has 2 heterocycles. The zero-order valence-electron chi connectivity index (χ0n) is 13.0. The highest BCUT2D eigenvalue weighted by Gasteiger charge is 2.20. The summed E-state index contributed by atoms with van der Waals surface area (Å²) in [5.74, 6) is -0.397. The average Bonchev–Trinajstić information content (AvgIpc) is 3.14. The van der Waals surface area contributed by atoms with Gasteiger partial charge in [-0.15, -0.1) is 11.3 Å². The van der Waals surface area contributed by atoms with Crippen LogP contribution < -0.4 is 4.74 Å². The van der Waals surface area contributed by atoms with Crippen LogP contribution >= 0.6 is 11.3 Å². The maximum atomic E-state index is 12.3. The molecular formula is C18H17NO4S. The van der Waals surface area contributed by atoms with Crippen LogP contribution in [0.25, 0.3) is 5.57 Å². The van der Waals surface area contributed by atoms with E-state index in [1.54, 1.807) is 6.07 Å². The van der Waals surface area contributed by atoms with Crippen LogP contribution in [0.4, 0.5) is 0 Å². The van der Waals surface area contributed by atoms with Gasteiger partial charge in [0.2, 0.25) is 0 Å². The Labute approximate surface area is 143 Å². The number of rotatable bonds is 5. The third-order valence-corrected chi connectivity index (χ3v) is 4.65. The second kappa shape index (κ2) is 7.31. The molecule has 1 amide bonds. The molecule has 0 bridgehead atoms. The molecule has 0 unspecified atom stereocenters. The van der Waals surface area contributed by atoms with Crippen molar-refractivity contribution in [3.63, 3.8) is 0 Å². The molecule has 1 N–H and O–H groups in total. The summed E-state index contributed by atoms with van der Waals surface area (Å²) in [7, 11) is 0. The van der Waals surface area contributed by atoms with Gasteiger partial charge in [-0.2, -0.15) is 0 Å². The van der Waals surface area contributed by atoms with E-state index in [9.17, 15) is 9.59 Å². The van der Waals surface area contributed by atoms with Crippen molar-refractivity contribution in [2.45, 2.75) is 6.42 Å². The molecule has 0 atom stereocenters. The minimum absolute atomic E-state index is 0.0684. The molecule has 0 fully saturated rings. The number of ether oxygens (including phenoxy) is 1. The van der Waals surface area contributed by atoms with E-state index in [-0.39, 0.29) is 12.5 Å². The van der Waals surface area contributed by atoms with Crippen LogP contribution in [0.3, 0.4) is 0 Å². The third kappa shape index (κ3) is 3.83. The van der Waals surface area contributed by atoms with Crippen LogP contribution in [-0.2, 0) is 4.79 Å². The molecule has 1 aliphatic rings. The second-order valence-corrected chi connectivity index (χ2v) is 6.37.